The molecule has 0 N–H and O–H groups in total. The highest BCUT2D eigenvalue weighted by atomic mass is 32.2. The Morgan fingerprint density at radius 1 is 1.57 bits per heavy atom. The van der Waals surface area contributed by atoms with Gasteiger partial charge in [-0.2, -0.15) is 5.26 Å². The maximum atomic E-state index is 12.0. The van der Waals surface area contributed by atoms with Crippen LogP contribution in [0, 0.1) is 11.3 Å². The summed E-state index contributed by atoms with van der Waals surface area (Å²) in [6, 6.07) is 5.66. The van der Waals surface area contributed by atoms with Gasteiger partial charge in [-0.05, 0) is 39.3 Å². The lowest BCUT2D eigenvalue weighted by Crippen LogP contribution is -2.35. The Balaban J connectivity index is 1.94. The first-order valence-electron chi connectivity index (χ1n) is 6.89. The average Bonchev–Trinajstić information content (AvgIpc) is 2.86. The van der Waals surface area contributed by atoms with Crippen LogP contribution in [0.5, 0.6) is 0 Å². The van der Waals surface area contributed by atoms with Crippen molar-refractivity contribution in [1.29, 1.82) is 5.26 Å². The number of ether oxygens (including phenoxy) is 1. The van der Waals surface area contributed by atoms with Crippen LogP contribution in [0.25, 0.3) is 0 Å². The molecule has 0 aromatic carbocycles. The van der Waals surface area contributed by atoms with Gasteiger partial charge in [0.1, 0.15) is 16.7 Å². The van der Waals surface area contributed by atoms with Crippen molar-refractivity contribution in [3.05, 3.63) is 23.9 Å². The molecule has 0 radical (unpaired) electrons. The Kier molecular flexibility index (Phi) is 4.73. The fourth-order valence-electron chi connectivity index (χ4n) is 2.04. The van der Waals surface area contributed by atoms with Crippen LogP contribution >= 0.6 is 11.8 Å². The molecule has 0 bridgehead atoms. The van der Waals surface area contributed by atoms with Gasteiger partial charge in [-0.15, -0.1) is 0 Å². The summed E-state index contributed by atoms with van der Waals surface area (Å²) in [5.74, 6) is 0. The monoisotopic (exact) mass is 305 g/mol. The fraction of sp³-hybridized carbons (Fsp3) is 0.533. The predicted molar refractivity (Wildman–Crippen MR) is 81.0 cm³/mol. The van der Waals surface area contributed by atoms with E-state index in [1.54, 1.807) is 35.0 Å². The SMILES string of the molecule is CC(C)(C)OC(=O)N1CC[C@@H](Sc2ncccc2C#N)C1. The Hall–Kier alpha value is -1.74. The van der Waals surface area contributed by atoms with Crippen LogP contribution in [-0.4, -0.2) is 39.9 Å². The van der Waals surface area contributed by atoms with Gasteiger partial charge in [-0.3, -0.25) is 0 Å². The first kappa shape index (κ1) is 15.6. The molecule has 1 amide bonds. The summed E-state index contributed by atoms with van der Waals surface area (Å²) in [5, 5.41) is 10.1. The molecule has 0 aliphatic carbocycles. The number of hydrogen-bond donors (Lipinski definition) is 0. The summed E-state index contributed by atoms with van der Waals surface area (Å²) in [5.41, 5.74) is 0.107. The van der Waals surface area contributed by atoms with Crippen LogP contribution in [0.2, 0.25) is 0 Å². The molecule has 21 heavy (non-hydrogen) atoms. The quantitative estimate of drug-likeness (QED) is 0.840. The molecule has 0 unspecified atom stereocenters. The second-order valence-electron chi connectivity index (χ2n) is 5.92. The van der Waals surface area contributed by atoms with E-state index in [1.807, 2.05) is 20.8 Å². The van der Waals surface area contributed by atoms with Gasteiger partial charge in [-0.25, -0.2) is 9.78 Å². The fourth-order valence-corrected chi connectivity index (χ4v) is 3.20. The first-order chi connectivity index (χ1) is 9.89. The molecule has 1 fully saturated rings. The second kappa shape index (κ2) is 6.35. The molecule has 112 valence electrons. The van der Waals surface area contributed by atoms with Crippen molar-refractivity contribution in [2.24, 2.45) is 0 Å². The molecule has 0 spiro atoms. The van der Waals surface area contributed by atoms with Crippen molar-refractivity contribution in [3.8, 4) is 6.07 Å². The number of hydrogen-bond acceptors (Lipinski definition) is 5. The Bertz CT molecular complexity index is 563. The Labute approximate surface area is 129 Å². The number of rotatable bonds is 2. The molecule has 2 heterocycles. The van der Waals surface area contributed by atoms with E-state index in [2.05, 4.69) is 11.1 Å². The largest absolute Gasteiger partial charge is 0.444 e. The third kappa shape index (κ3) is 4.36. The average molecular weight is 305 g/mol. The van der Waals surface area contributed by atoms with Gasteiger partial charge in [0.05, 0.1) is 5.56 Å². The molecule has 1 aliphatic heterocycles. The zero-order valence-corrected chi connectivity index (χ0v) is 13.3. The normalized spacial score (nSPS) is 18.4. The van der Waals surface area contributed by atoms with Crippen LogP contribution in [0.4, 0.5) is 4.79 Å². The number of nitrogens with zero attached hydrogens (tertiary/aromatic N) is 3. The van der Waals surface area contributed by atoms with Crippen molar-refractivity contribution < 1.29 is 9.53 Å². The summed E-state index contributed by atoms with van der Waals surface area (Å²) >= 11 is 1.56. The minimum atomic E-state index is -0.475. The van der Waals surface area contributed by atoms with Crippen molar-refractivity contribution >= 4 is 17.9 Å². The summed E-state index contributed by atoms with van der Waals surface area (Å²) < 4.78 is 5.37. The minimum Gasteiger partial charge on any atom is -0.444 e. The molecule has 0 saturated carbocycles. The number of amides is 1. The van der Waals surface area contributed by atoms with Gasteiger partial charge in [-0.1, -0.05) is 11.8 Å². The molecule has 1 aliphatic rings. The molecular formula is C15H19N3O2S. The van der Waals surface area contributed by atoms with Crippen LogP contribution in [0.1, 0.15) is 32.8 Å². The Morgan fingerprint density at radius 2 is 2.33 bits per heavy atom. The zero-order chi connectivity index (χ0) is 15.5. The summed E-state index contributed by atoms with van der Waals surface area (Å²) in [7, 11) is 0. The van der Waals surface area contributed by atoms with E-state index >= 15 is 0 Å². The lowest BCUT2D eigenvalue weighted by atomic mass is 10.2. The van der Waals surface area contributed by atoms with E-state index in [0.717, 1.165) is 11.4 Å². The van der Waals surface area contributed by atoms with E-state index in [9.17, 15) is 4.79 Å². The lowest BCUT2D eigenvalue weighted by Gasteiger charge is -2.24. The number of aromatic nitrogens is 1. The van der Waals surface area contributed by atoms with E-state index in [-0.39, 0.29) is 11.3 Å². The predicted octanol–water partition coefficient (Wildman–Crippen LogP) is 3.05. The highest BCUT2D eigenvalue weighted by Crippen LogP contribution is 2.30. The lowest BCUT2D eigenvalue weighted by molar-refractivity contribution is 0.0295. The van der Waals surface area contributed by atoms with Gasteiger partial charge in [0, 0.05) is 24.5 Å². The second-order valence-corrected chi connectivity index (χ2v) is 7.21. The smallest absolute Gasteiger partial charge is 0.410 e. The molecule has 6 heteroatoms. The van der Waals surface area contributed by atoms with Crippen molar-refractivity contribution in [1.82, 2.24) is 9.88 Å². The Morgan fingerprint density at radius 3 is 3.00 bits per heavy atom. The first-order valence-corrected chi connectivity index (χ1v) is 7.77. The van der Waals surface area contributed by atoms with Crippen LogP contribution in [0.15, 0.2) is 23.4 Å². The molecule has 1 atom stereocenters. The maximum Gasteiger partial charge on any atom is 0.410 e. The third-order valence-electron chi connectivity index (χ3n) is 2.97. The summed E-state index contributed by atoms with van der Waals surface area (Å²) in [6.07, 6.45) is 2.29. The summed E-state index contributed by atoms with van der Waals surface area (Å²) in [6.45, 7) is 6.89. The molecule has 5 nitrogen and oxygen atoms in total. The molecule has 1 aromatic heterocycles. The van der Waals surface area contributed by atoms with Crippen LogP contribution in [-0.2, 0) is 4.74 Å². The number of nitriles is 1. The standard InChI is InChI=1S/C15H19N3O2S/c1-15(2,3)20-14(19)18-8-6-12(10-18)21-13-11(9-16)5-4-7-17-13/h4-5,7,12H,6,8,10H2,1-3H3/t12-/m1/s1. The number of pyridine rings is 1. The molecule has 1 saturated heterocycles. The van der Waals surface area contributed by atoms with Gasteiger partial charge in [0.15, 0.2) is 0 Å². The van der Waals surface area contributed by atoms with E-state index in [1.165, 1.54) is 0 Å². The molecular weight excluding hydrogens is 286 g/mol. The van der Waals surface area contributed by atoms with Gasteiger partial charge >= 0.3 is 6.09 Å². The van der Waals surface area contributed by atoms with E-state index < -0.39 is 5.60 Å². The third-order valence-corrected chi connectivity index (χ3v) is 4.23. The topological polar surface area (TPSA) is 66.2 Å². The highest BCUT2D eigenvalue weighted by Gasteiger charge is 2.30. The van der Waals surface area contributed by atoms with Crippen LogP contribution < -0.4 is 0 Å². The molecule has 2 rings (SSSR count). The van der Waals surface area contributed by atoms with Gasteiger partial charge < -0.3 is 9.64 Å². The number of thioether (sulfide) groups is 1. The molecule has 1 aromatic rings. The number of carbonyl (C=O) groups excluding carboxylic acids is 1. The van der Waals surface area contributed by atoms with Crippen molar-refractivity contribution in [3.63, 3.8) is 0 Å². The maximum absolute atomic E-state index is 12.0. The van der Waals surface area contributed by atoms with E-state index in [0.29, 0.717) is 18.7 Å². The van der Waals surface area contributed by atoms with Gasteiger partial charge in [0.2, 0.25) is 0 Å². The highest BCUT2D eigenvalue weighted by molar-refractivity contribution is 8.00. The van der Waals surface area contributed by atoms with Crippen molar-refractivity contribution in [2.45, 2.75) is 43.1 Å². The minimum absolute atomic E-state index is 0.250. The summed E-state index contributed by atoms with van der Waals surface area (Å²) in [4.78, 5) is 18.0. The number of likely N-dealkylation sites (tertiary alicyclic amines) is 1. The van der Waals surface area contributed by atoms with Crippen LogP contribution in [0.3, 0.4) is 0 Å². The van der Waals surface area contributed by atoms with Gasteiger partial charge in [0.25, 0.3) is 0 Å². The van der Waals surface area contributed by atoms with E-state index in [4.69, 9.17) is 10.00 Å². The zero-order valence-electron chi connectivity index (χ0n) is 12.5. The van der Waals surface area contributed by atoms with Crippen molar-refractivity contribution in [2.75, 3.05) is 13.1 Å². The number of carbonyl (C=O) groups is 1.